The van der Waals surface area contributed by atoms with E-state index in [4.69, 9.17) is 23.2 Å². The van der Waals surface area contributed by atoms with E-state index in [9.17, 15) is 9.18 Å². The summed E-state index contributed by atoms with van der Waals surface area (Å²) in [4.78, 5) is 14.1. The molecule has 0 aliphatic heterocycles. The number of rotatable bonds is 2. The van der Waals surface area contributed by atoms with Crippen molar-refractivity contribution in [3.63, 3.8) is 0 Å². The van der Waals surface area contributed by atoms with Gasteiger partial charge in [0.05, 0.1) is 5.56 Å². The van der Waals surface area contributed by atoms with Gasteiger partial charge in [0.25, 0.3) is 0 Å². The molecule has 0 atom stereocenters. The van der Waals surface area contributed by atoms with Crippen LogP contribution in [-0.4, -0.2) is 11.3 Å². The monoisotopic (exact) mass is 269 g/mol. The van der Waals surface area contributed by atoms with Crippen molar-refractivity contribution in [3.8, 4) is 11.1 Å². The van der Waals surface area contributed by atoms with Crippen LogP contribution in [0.4, 0.5) is 4.39 Å². The smallest absolute Gasteiger partial charge is 0.223 e. The lowest BCUT2D eigenvalue weighted by molar-refractivity contribution is 0.111. The summed E-state index contributed by atoms with van der Waals surface area (Å²) in [5.41, 5.74) is 1.04. The Hall–Kier alpha value is -1.45. The van der Waals surface area contributed by atoms with E-state index >= 15 is 0 Å². The number of hydrogen-bond donors (Lipinski definition) is 0. The van der Waals surface area contributed by atoms with Crippen molar-refractivity contribution in [3.05, 3.63) is 52.0 Å². The van der Waals surface area contributed by atoms with Crippen LogP contribution in [0.2, 0.25) is 10.0 Å². The zero-order chi connectivity index (χ0) is 12.4. The van der Waals surface area contributed by atoms with Crippen molar-refractivity contribution in [2.75, 3.05) is 0 Å². The third-order valence-electron chi connectivity index (χ3n) is 2.23. The SMILES string of the molecule is O=Cc1cc(-c2cc(Cl)ccc2Cl)cnc1F. The van der Waals surface area contributed by atoms with Gasteiger partial charge < -0.3 is 0 Å². The second-order valence-corrected chi connectivity index (χ2v) is 4.19. The molecule has 0 aliphatic rings. The van der Waals surface area contributed by atoms with Gasteiger partial charge in [-0.15, -0.1) is 0 Å². The molecule has 1 heterocycles. The van der Waals surface area contributed by atoms with E-state index in [1.807, 2.05) is 0 Å². The molecule has 0 aliphatic carbocycles. The second-order valence-electron chi connectivity index (χ2n) is 3.35. The van der Waals surface area contributed by atoms with Gasteiger partial charge in [-0.05, 0) is 24.3 Å². The number of halogens is 3. The van der Waals surface area contributed by atoms with Crippen molar-refractivity contribution in [1.29, 1.82) is 0 Å². The Kier molecular flexibility index (Phi) is 3.41. The van der Waals surface area contributed by atoms with E-state index in [1.165, 1.54) is 12.3 Å². The Morgan fingerprint density at radius 1 is 1.24 bits per heavy atom. The lowest BCUT2D eigenvalue weighted by Gasteiger charge is -2.05. The van der Waals surface area contributed by atoms with E-state index < -0.39 is 5.95 Å². The first-order valence-corrected chi connectivity index (χ1v) is 5.43. The molecule has 0 saturated carbocycles. The number of carbonyl (C=O) groups is 1. The summed E-state index contributed by atoms with van der Waals surface area (Å²) < 4.78 is 13.1. The highest BCUT2D eigenvalue weighted by Gasteiger charge is 2.09. The minimum Gasteiger partial charge on any atom is -0.298 e. The number of hydrogen-bond acceptors (Lipinski definition) is 2. The zero-order valence-corrected chi connectivity index (χ0v) is 9.97. The van der Waals surface area contributed by atoms with E-state index in [1.54, 1.807) is 18.2 Å². The maximum Gasteiger partial charge on any atom is 0.223 e. The average molecular weight is 270 g/mol. The van der Waals surface area contributed by atoms with E-state index in [0.717, 1.165) is 0 Å². The Bertz CT molecular complexity index is 587. The van der Waals surface area contributed by atoms with Crippen LogP contribution < -0.4 is 0 Å². The summed E-state index contributed by atoms with van der Waals surface area (Å²) in [7, 11) is 0. The predicted molar refractivity (Wildman–Crippen MR) is 65.0 cm³/mol. The molecule has 0 N–H and O–H groups in total. The quantitative estimate of drug-likeness (QED) is 0.609. The standard InChI is InChI=1S/C12H6Cl2FNO/c13-9-1-2-11(14)10(4-9)7-3-8(6-17)12(15)16-5-7/h1-6H. The van der Waals surface area contributed by atoms with E-state index in [-0.39, 0.29) is 5.56 Å². The summed E-state index contributed by atoms with van der Waals surface area (Å²) >= 11 is 11.8. The Morgan fingerprint density at radius 2 is 2.00 bits per heavy atom. The minimum atomic E-state index is -0.804. The molecule has 1 aromatic carbocycles. The molecule has 0 amide bonds. The number of pyridine rings is 1. The van der Waals surface area contributed by atoms with Crippen LogP contribution in [0, 0.1) is 5.95 Å². The summed E-state index contributed by atoms with van der Waals surface area (Å²) in [6.07, 6.45) is 1.71. The van der Waals surface area contributed by atoms with Crippen LogP contribution in [0.15, 0.2) is 30.5 Å². The zero-order valence-electron chi connectivity index (χ0n) is 8.45. The number of benzene rings is 1. The molecule has 2 aromatic rings. The van der Waals surface area contributed by atoms with Crippen LogP contribution in [-0.2, 0) is 0 Å². The van der Waals surface area contributed by atoms with Crippen molar-refractivity contribution in [1.82, 2.24) is 4.98 Å². The van der Waals surface area contributed by atoms with Crippen molar-refractivity contribution >= 4 is 29.5 Å². The fraction of sp³-hybridized carbons (Fsp3) is 0. The molecule has 5 heteroatoms. The maximum absolute atomic E-state index is 13.1. The van der Waals surface area contributed by atoms with Gasteiger partial charge in [0.2, 0.25) is 5.95 Å². The molecule has 1 aromatic heterocycles. The molecule has 0 unspecified atom stereocenters. The lowest BCUT2D eigenvalue weighted by atomic mass is 10.1. The summed E-state index contributed by atoms with van der Waals surface area (Å²) in [5.74, 6) is -0.804. The number of aldehydes is 1. The highest BCUT2D eigenvalue weighted by molar-refractivity contribution is 6.35. The normalized spacial score (nSPS) is 10.3. The molecule has 86 valence electrons. The molecule has 17 heavy (non-hydrogen) atoms. The van der Waals surface area contributed by atoms with Crippen LogP contribution in [0.3, 0.4) is 0 Å². The molecule has 2 nitrogen and oxygen atoms in total. The second kappa shape index (κ2) is 4.82. The van der Waals surface area contributed by atoms with E-state index in [0.29, 0.717) is 27.5 Å². The fourth-order valence-corrected chi connectivity index (χ4v) is 1.81. The highest BCUT2D eigenvalue weighted by Crippen LogP contribution is 2.30. The lowest BCUT2D eigenvalue weighted by Crippen LogP contribution is -1.93. The molecule has 0 fully saturated rings. The van der Waals surface area contributed by atoms with Gasteiger partial charge in [-0.1, -0.05) is 23.2 Å². The molecule has 0 saturated heterocycles. The number of nitrogens with zero attached hydrogens (tertiary/aromatic N) is 1. The van der Waals surface area contributed by atoms with Gasteiger partial charge in [-0.3, -0.25) is 4.79 Å². The van der Waals surface area contributed by atoms with Crippen molar-refractivity contribution in [2.24, 2.45) is 0 Å². The van der Waals surface area contributed by atoms with Crippen molar-refractivity contribution < 1.29 is 9.18 Å². The molecule has 2 rings (SSSR count). The van der Waals surface area contributed by atoms with Crippen molar-refractivity contribution in [2.45, 2.75) is 0 Å². The average Bonchev–Trinajstić information content (AvgIpc) is 2.33. The minimum absolute atomic E-state index is 0.112. The third kappa shape index (κ3) is 2.46. The first kappa shape index (κ1) is 12.0. The summed E-state index contributed by atoms with van der Waals surface area (Å²) in [5, 5.41) is 0.959. The fourth-order valence-electron chi connectivity index (χ4n) is 1.41. The summed E-state index contributed by atoms with van der Waals surface area (Å²) in [6.45, 7) is 0. The molecule has 0 radical (unpaired) electrons. The largest absolute Gasteiger partial charge is 0.298 e. The first-order valence-electron chi connectivity index (χ1n) is 4.68. The van der Waals surface area contributed by atoms with Gasteiger partial charge >= 0.3 is 0 Å². The predicted octanol–water partition coefficient (Wildman–Crippen LogP) is 4.01. The topological polar surface area (TPSA) is 30.0 Å². The maximum atomic E-state index is 13.1. The van der Waals surface area contributed by atoms with Crippen LogP contribution in [0.25, 0.3) is 11.1 Å². The summed E-state index contributed by atoms with van der Waals surface area (Å²) in [6, 6.07) is 6.29. The van der Waals surface area contributed by atoms with Gasteiger partial charge in [0.1, 0.15) is 0 Å². The van der Waals surface area contributed by atoms with Crippen LogP contribution >= 0.6 is 23.2 Å². The van der Waals surface area contributed by atoms with Crippen LogP contribution in [0.1, 0.15) is 10.4 Å². The Balaban J connectivity index is 2.60. The van der Waals surface area contributed by atoms with Gasteiger partial charge in [-0.2, -0.15) is 4.39 Å². The van der Waals surface area contributed by atoms with Gasteiger partial charge in [-0.25, -0.2) is 4.98 Å². The Morgan fingerprint density at radius 3 is 2.71 bits per heavy atom. The molecule has 0 spiro atoms. The van der Waals surface area contributed by atoms with E-state index in [2.05, 4.69) is 4.98 Å². The molecular weight excluding hydrogens is 264 g/mol. The first-order chi connectivity index (χ1) is 8.11. The van der Waals surface area contributed by atoms with Gasteiger partial charge in [0.15, 0.2) is 6.29 Å². The highest BCUT2D eigenvalue weighted by atomic mass is 35.5. The third-order valence-corrected chi connectivity index (χ3v) is 2.80. The number of carbonyl (C=O) groups excluding carboxylic acids is 1. The molecule has 0 bridgehead atoms. The molecular formula is C12H6Cl2FNO. The Labute approximate surface area is 107 Å². The van der Waals surface area contributed by atoms with Gasteiger partial charge in [0, 0.05) is 27.4 Å². The number of aromatic nitrogens is 1. The van der Waals surface area contributed by atoms with Crippen LogP contribution in [0.5, 0.6) is 0 Å².